The summed E-state index contributed by atoms with van der Waals surface area (Å²) in [5.74, 6) is 0.941. The average Bonchev–Trinajstić information content (AvgIpc) is 2.66. The highest BCUT2D eigenvalue weighted by Gasteiger charge is 2.30. The molecule has 0 unspecified atom stereocenters. The summed E-state index contributed by atoms with van der Waals surface area (Å²) >= 11 is 13.8. The zero-order valence-corrected chi connectivity index (χ0v) is 22.0. The summed E-state index contributed by atoms with van der Waals surface area (Å²) in [7, 11) is 0. The van der Waals surface area contributed by atoms with Crippen LogP contribution < -0.4 is 3.83 Å². The van der Waals surface area contributed by atoms with E-state index >= 15 is 0 Å². The summed E-state index contributed by atoms with van der Waals surface area (Å²) in [5, 5.41) is 9.47. The maximum Gasteiger partial charge on any atom is 0.179 e. The van der Waals surface area contributed by atoms with Crippen molar-refractivity contribution in [3.05, 3.63) is 80.2 Å². The van der Waals surface area contributed by atoms with Crippen molar-refractivity contribution in [1.82, 2.24) is 0 Å². The molecular formula is C21H22Br4O3. The number of phenols is 1. The highest BCUT2D eigenvalue weighted by atomic mass is 79.9. The number of halogens is 4. The maximum atomic E-state index is 9.47. The zero-order valence-electron chi connectivity index (χ0n) is 15.6. The Bertz CT molecular complexity index is 794. The molecule has 0 aliphatic rings. The van der Waals surface area contributed by atoms with Crippen LogP contribution >= 0.6 is 64.0 Å². The van der Waals surface area contributed by atoms with Crippen LogP contribution in [0.15, 0.2) is 69.1 Å². The van der Waals surface area contributed by atoms with Crippen molar-refractivity contribution in [2.24, 2.45) is 0 Å². The highest BCUT2D eigenvalue weighted by Crippen LogP contribution is 2.47. The number of hydrogen-bond acceptors (Lipinski definition) is 3. The number of ether oxygens (including phenoxy) is 1. The van der Waals surface area contributed by atoms with Gasteiger partial charge in [0, 0.05) is 14.4 Å². The lowest BCUT2D eigenvalue weighted by Gasteiger charge is -2.29. The predicted octanol–water partition coefficient (Wildman–Crippen LogP) is 8.07. The van der Waals surface area contributed by atoms with Gasteiger partial charge in [-0.15, -0.1) is 13.2 Å². The molecule has 2 aromatic rings. The van der Waals surface area contributed by atoms with Crippen LogP contribution in [0, 0.1) is 0 Å². The third-order valence-electron chi connectivity index (χ3n) is 3.89. The lowest BCUT2D eigenvalue weighted by molar-refractivity contribution is 0.194. The van der Waals surface area contributed by atoms with Gasteiger partial charge in [0.25, 0.3) is 0 Å². The van der Waals surface area contributed by atoms with Gasteiger partial charge in [-0.05, 0) is 61.2 Å². The first kappa shape index (κ1) is 25.4. The molecule has 0 fully saturated rings. The van der Waals surface area contributed by atoms with E-state index in [1.807, 2.05) is 18.2 Å². The van der Waals surface area contributed by atoms with Crippen LogP contribution in [-0.2, 0) is 10.2 Å². The van der Waals surface area contributed by atoms with Crippen LogP contribution in [0.3, 0.4) is 0 Å². The van der Waals surface area contributed by atoms with E-state index in [0.29, 0.717) is 19.0 Å². The molecule has 2 rings (SSSR count). The number of phenolic OH excluding ortho intramolecular Hbond substituents is 1. The monoisotopic (exact) mass is 638 g/mol. The van der Waals surface area contributed by atoms with Crippen LogP contribution in [0.1, 0.15) is 25.0 Å². The largest absolute Gasteiger partial charge is 0.508 e. The van der Waals surface area contributed by atoms with Gasteiger partial charge >= 0.3 is 0 Å². The molecule has 0 heterocycles. The van der Waals surface area contributed by atoms with Gasteiger partial charge in [0.2, 0.25) is 0 Å². The molecule has 152 valence electrons. The molecule has 0 aromatic heterocycles. The minimum absolute atomic E-state index is 0.261. The third-order valence-corrected chi connectivity index (χ3v) is 6.98. The van der Waals surface area contributed by atoms with E-state index in [9.17, 15) is 5.11 Å². The van der Waals surface area contributed by atoms with E-state index in [-0.39, 0.29) is 11.2 Å². The van der Waals surface area contributed by atoms with Gasteiger partial charge in [0.05, 0.1) is 17.7 Å². The fourth-order valence-electron chi connectivity index (χ4n) is 2.46. The number of rotatable bonds is 7. The zero-order chi connectivity index (χ0) is 21.3. The first-order valence-electron chi connectivity index (χ1n) is 8.26. The molecule has 1 N–H and O–H groups in total. The van der Waals surface area contributed by atoms with Gasteiger partial charge in [-0.2, -0.15) is 0 Å². The van der Waals surface area contributed by atoms with Crippen LogP contribution in [0.2, 0.25) is 0 Å². The minimum Gasteiger partial charge on any atom is -0.508 e. The van der Waals surface area contributed by atoms with E-state index in [1.165, 1.54) is 0 Å². The first-order chi connectivity index (χ1) is 13.2. The Morgan fingerprint density at radius 2 is 1.54 bits per heavy atom. The third kappa shape index (κ3) is 6.73. The van der Waals surface area contributed by atoms with E-state index in [0.717, 1.165) is 24.5 Å². The molecule has 0 bridgehead atoms. The molecule has 0 atom stereocenters. The summed E-state index contributed by atoms with van der Waals surface area (Å²) in [5.41, 5.74) is 1.92. The van der Waals surface area contributed by atoms with Crippen LogP contribution in [0.25, 0.3) is 0 Å². The fourth-order valence-corrected chi connectivity index (χ4v) is 5.40. The molecule has 7 heteroatoms. The van der Waals surface area contributed by atoms with Crippen molar-refractivity contribution >= 4 is 64.0 Å². The Kier molecular flexibility index (Phi) is 11.1. The second-order valence-corrected chi connectivity index (χ2v) is 8.99. The smallest absolute Gasteiger partial charge is 0.179 e. The molecule has 0 saturated carbocycles. The Morgan fingerprint density at radius 1 is 1.00 bits per heavy atom. The van der Waals surface area contributed by atoms with Gasteiger partial charge in [0.15, 0.2) is 22.0 Å². The van der Waals surface area contributed by atoms with Crippen LogP contribution in [0.5, 0.6) is 11.5 Å². The quantitative estimate of drug-likeness (QED) is 0.189. The molecule has 0 aliphatic carbocycles. The molecule has 0 spiro atoms. The van der Waals surface area contributed by atoms with Crippen molar-refractivity contribution in [3.63, 3.8) is 0 Å². The Hall–Kier alpha value is -0.600. The van der Waals surface area contributed by atoms with E-state index in [1.54, 1.807) is 24.3 Å². The standard InChI is InChI=1S/C15H12Br4O2.C6H10O/c1-15(2,8-3-5-9(20)6-4-8)12-10(16)7-11(21-19)13(17)14(12)18;1-3-5-7-6-4-2/h3-7,20H,1-2H3;3-4H,1-2,5-6H2. The van der Waals surface area contributed by atoms with E-state index in [4.69, 9.17) is 8.57 Å². The normalized spacial score (nSPS) is 10.6. The van der Waals surface area contributed by atoms with Gasteiger partial charge < -0.3 is 13.7 Å². The average molecular weight is 642 g/mol. The van der Waals surface area contributed by atoms with Crippen molar-refractivity contribution in [2.75, 3.05) is 13.2 Å². The van der Waals surface area contributed by atoms with Gasteiger partial charge in [-0.3, -0.25) is 0 Å². The Labute approximate surface area is 200 Å². The number of hydrogen-bond donors (Lipinski definition) is 1. The minimum atomic E-state index is -0.265. The van der Waals surface area contributed by atoms with E-state index < -0.39 is 0 Å². The molecule has 2 aromatic carbocycles. The van der Waals surface area contributed by atoms with Crippen molar-refractivity contribution in [1.29, 1.82) is 0 Å². The van der Waals surface area contributed by atoms with Crippen LogP contribution in [0.4, 0.5) is 0 Å². The Morgan fingerprint density at radius 3 is 2.00 bits per heavy atom. The SMILES string of the molecule is C=CCOCC=C.CC(C)(c1ccc(O)cc1)c1c(Br)cc(OBr)c(Br)c1Br. The molecule has 28 heavy (non-hydrogen) atoms. The fraction of sp³-hybridized carbons (Fsp3) is 0.238. The van der Waals surface area contributed by atoms with Gasteiger partial charge in [-0.1, -0.05) is 54.1 Å². The second-order valence-electron chi connectivity index (χ2n) is 6.22. The summed E-state index contributed by atoms with van der Waals surface area (Å²) in [6, 6.07) is 9.16. The maximum absolute atomic E-state index is 9.47. The summed E-state index contributed by atoms with van der Waals surface area (Å²) in [6.07, 6.45) is 3.42. The van der Waals surface area contributed by atoms with E-state index in [2.05, 4.69) is 91.1 Å². The second kappa shape index (κ2) is 12.2. The topological polar surface area (TPSA) is 38.7 Å². The number of aromatic hydroxyl groups is 1. The Balaban J connectivity index is 0.000000480. The molecule has 0 radical (unpaired) electrons. The van der Waals surface area contributed by atoms with Crippen molar-refractivity contribution in [2.45, 2.75) is 19.3 Å². The first-order valence-corrected chi connectivity index (χ1v) is 11.3. The van der Waals surface area contributed by atoms with Crippen molar-refractivity contribution in [3.8, 4) is 11.5 Å². The predicted molar refractivity (Wildman–Crippen MR) is 131 cm³/mol. The van der Waals surface area contributed by atoms with Crippen LogP contribution in [-0.4, -0.2) is 18.3 Å². The molecule has 3 nitrogen and oxygen atoms in total. The molecule has 0 amide bonds. The summed E-state index contributed by atoms with van der Waals surface area (Å²) in [6.45, 7) is 12.4. The molecule has 0 aliphatic heterocycles. The molecule has 0 saturated heterocycles. The van der Waals surface area contributed by atoms with Gasteiger partial charge in [0.1, 0.15) is 5.75 Å². The molecular weight excluding hydrogens is 620 g/mol. The van der Waals surface area contributed by atoms with Crippen molar-refractivity contribution < 1.29 is 13.7 Å². The lowest BCUT2D eigenvalue weighted by Crippen LogP contribution is -2.20. The van der Waals surface area contributed by atoms with Gasteiger partial charge in [-0.25, -0.2) is 0 Å². The highest BCUT2D eigenvalue weighted by molar-refractivity contribution is 9.13. The number of benzene rings is 2. The summed E-state index contributed by atoms with van der Waals surface area (Å²) < 4.78 is 12.8. The lowest BCUT2D eigenvalue weighted by atomic mass is 9.78. The summed E-state index contributed by atoms with van der Waals surface area (Å²) in [4.78, 5) is 0.